The SMILES string of the molecule is CCCCOCC(C)OC(CC)OCCC. The van der Waals surface area contributed by atoms with E-state index in [1.807, 2.05) is 6.92 Å². The molecule has 3 heteroatoms. The molecular weight excluding hydrogens is 204 g/mol. The highest BCUT2D eigenvalue weighted by Gasteiger charge is 2.11. The fourth-order valence-corrected chi connectivity index (χ4v) is 1.30. The van der Waals surface area contributed by atoms with Crippen LogP contribution in [0.5, 0.6) is 0 Å². The van der Waals surface area contributed by atoms with Gasteiger partial charge < -0.3 is 14.2 Å². The Balaban J connectivity index is 3.53. The van der Waals surface area contributed by atoms with Crippen LogP contribution >= 0.6 is 0 Å². The second kappa shape index (κ2) is 11.4. The molecule has 0 fully saturated rings. The highest BCUT2D eigenvalue weighted by atomic mass is 16.7. The third-order valence-electron chi connectivity index (χ3n) is 2.22. The summed E-state index contributed by atoms with van der Waals surface area (Å²) in [6.07, 6.45) is 4.24. The minimum absolute atomic E-state index is 0.0790. The van der Waals surface area contributed by atoms with Gasteiger partial charge in [-0.05, 0) is 26.2 Å². The highest BCUT2D eigenvalue weighted by Crippen LogP contribution is 2.06. The van der Waals surface area contributed by atoms with Gasteiger partial charge in [0.1, 0.15) is 0 Å². The number of ether oxygens (including phenoxy) is 3. The first-order chi connectivity index (χ1) is 7.74. The molecule has 0 aromatic rings. The molecule has 3 nitrogen and oxygen atoms in total. The molecule has 0 aliphatic heterocycles. The summed E-state index contributed by atoms with van der Waals surface area (Å²) in [6, 6.07) is 0. The van der Waals surface area contributed by atoms with Crippen LogP contribution in [0.15, 0.2) is 0 Å². The average molecular weight is 232 g/mol. The minimum atomic E-state index is -0.0790. The van der Waals surface area contributed by atoms with Crippen LogP contribution in [0.1, 0.15) is 53.4 Å². The zero-order valence-corrected chi connectivity index (χ0v) is 11.3. The van der Waals surface area contributed by atoms with Crippen LogP contribution in [0.25, 0.3) is 0 Å². The van der Waals surface area contributed by atoms with Gasteiger partial charge in [0, 0.05) is 13.2 Å². The van der Waals surface area contributed by atoms with Crippen molar-refractivity contribution in [3.05, 3.63) is 0 Å². The maximum absolute atomic E-state index is 5.73. The molecule has 0 bridgehead atoms. The van der Waals surface area contributed by atoms with E-state index in [9.17, 15) is 0 Å². The molecule has 0 aliphatic carbocycles. The fourth-order valence-electron chi connectivity index (χ4n) is 1.30. The molecule has 0 aliphatic rings. The van der Waals surface area contributed by atoms with E-state index in [0.29, 0.717) is 6.61 Å². The predicted molar refractivity (Wildman–Crippen MR) is 66.6 cm³/mol. The Hall–Kier alpha value is -0.120. The van der Waals surface area contributed by atoms with Gasteiger partial charge in [0.15, 0.2) is 6.29 Å². The van der Waals surface area contributed by atoms with E-state index in [4.69, 9.17) is 14.2 Å². The molecule has 0 saturated carbocycles. The van der Waals surface area contributed by atoms with Gasteiger partial charge in [-0.25, -0.2) is 0 Å². The molecule has 16 heavy (non-hydrogen) atoms. The Labute approximate surface area is 100 Å². The third kappa shape index (κ3) is 9.13. The normalized spacial score (nSPS) is 15.0. The van der Waals surface area contributed by atoms with Gasteiger partial charge >= 0.3 is 0 Å². The van der Waals surface area contributed by atoms with Gasteiger partial charge in [-0.15, -0.1) is 0 Å². The van der Waals surface area contributed by atoms with E-state index in [1.54, 1.807) is 0 Å². The lowest BCUT2D eigenvalue weighted by Gasteiger charge is -2.21. The van der Waals surface area contributed by atoms with Crippen LogP contribution < -0.4 is 0 Å². The Morgan fingerprint density at radius 3 is 2.31 bits per heavy atom. The molecule has 0 saturated heterocycles. The molecule has 0 amide bonds. The number of hydrogen-bond donors (Lipinski definition) is 0. The molecule has 0 heterocycles. The van der Waals surface area contributed by atoms with E-state index in [1.165, 1.54) is 6.42 Å². The van der Waals surface area contributed by atoms with E-state index < -0.39 is 0 Å². The van der Waals surface area contributed by atoms with Crippen LogP contribution in [-0.2, 0) is 14.2 Å². The summed E-state index contributed by atoms with van der Waals surface area (Å²) >= 11 is 0. The van der Waals surface area contributed by atoms with Crippen molar-refractivity contribution >= 4 is 0 Å². The van der Waals surface area contributed by atoms with Crippen molar-refractivity contribution in [3.8, 4) is 0 Å². The van der Waals surface area contributed by atoms with E-state index >= 15 is 0 Å². The van der Waals surface area contributed by atoms with E-state index in [2.05, 4.69) is 20.8 Å². The van der Waals surface area contributed by atoms with Crippen LogP contribution in [0.3, 0.4) is 0 Å². The van der Waals surface area contributed by atoms with Gasteiger partial charge in [0.2, 0.25) is 0 Å². The summed E-state index contributed by atoms with van der Waals surface area (Å²) in [5.41, 5.74) is 0. The van der Waals surface area contributed by atoms with Gasteiger partial charge in [0.05, 0.1) is 12.7 Å². The standard InChI is InChI=1S/C13H28O3/c1-5-8-10-14-11-12(4)16-13(7-3)15-9-6-2/h12-13H,5-11H2,1-4H3. The third-order valence-corrected chi connectivity index (χ3v) is 2.22. The van der Waals surface area contributed by atoms with Gasteiger partial charge in [-0.2, -0.15) is 0 Å². The first-order valence-corrected chi connectivity index (χ1v) is 6.59. The average Bonchev–Trinajstić information content (AvgIpc) is 2.30. The van der Waals surface area contributed by atoms with E-state index in [0.717, 1.165) is 32.5 Å². The molecule has 0 aromatic heterocycles. The molecule has 98 valence electrons. The van der Waals surface area contributed by atoms with Crippen LogP contribution in [-0.4, -0.2) is 32.2 Å². The molecule has 2 unspecified atom stereocenters. The lowest BCUT2D eigenvalue weighted by atomic mass is 10.3. The summed E-state index contributed by atoms with van der Waals surface area (Å²) in [5, 5.41) is 0. The van der Waals surface area contributed by atoms with Crippen molar-refractivity contribution < 1.29 is 14.2 Å². The minimum Gasteiger partial charge on any atom is -0.379 e. The first-order valence-electron chi connectivity index (χ1n) is 6.59. The number of hydrogen-bond acceptors (Lipinski definition) is 3. The Kier molecular flexibility index (Phi) is 11.3. The van der Waals surface area contributed by atoms with Crippen molar-refractivity contribution in [1.82, 2.24) is 0 Å². The smallest absolute Gasteiger partial charge is 0.157 e. The van der Waals surface area contributed by atoms with Gasteiger partial charge in [-0.1, -0.05) is 27.2 Å². The maximum Gasteiger partial charge on any atom is 0.157 e. The molecule has 0 aromatic carbocycles. The molecule has 0 N–H and O–H groups in total. The topological polar surface area (TPSA) is 27.7 Å². The summed E-state index contributed by atoms with van der Waals surface area (Å²) in [5.74, 6) is 0. The molecular formula is C13H28O3. The summed E-state index contributed by atoms with van der Waals surface area (Å²) < 4.78 is 16.8. The lowest BCUT2D eigenvalue weighted by Crippen LogP contribution is -2.26. The predicted octanol–water partition coefficient (Wildman–Crippen LogP) is 3.37. The fraction of sp³-hybridized carbons (Fsp3) is 1.00. The molecule has 0 radical (unpaired) electrons. The maximum atomic E-state index is 5.73. The molecule has 0 spiro atoms. The largest absolute Gasteiger partial charge is 0.379 e. The first kappa shape index (κ1) is 15.9. The Morgan fingerprint density at radius 1 is 1.00 bits per heavy atom. The van der Waals surface area contributed by atoms with Crippen molar-refractivity contribution in [3.63, 3.8) is 0 Å². The monoisotopic (exact) mass is 232 g/mol. The molecule has 0 rings (SSSR count). The van der Waals surface area contributed by atoms with Crippen molar-refractivity contribution in [2.24, 2.45) is 0 Å². The Morgan fingerprint density at radius 2 is 1.75 bits per heavy atom. The zero-order valence-electron chi connectivity index (χ0n) is 11.3. The van der Waals surface area contributed by atoms with Gasteiger partial charge in [-0.3, -0.25) is 0 Å². The van der Waals surface area contributed by atoms with Crippen molar-refractivity contribution in [1.29, 1.82) is 0 Å². The second-order valence-electron chi connectivity index (χ2n) is 4.08. The summed E-state index contributed by atoms with van der Waals surface area (Å²) in [4.78, 5) is 0. The van der Waals surface area contributed by atoms with Crippen molar-refractivity contribution in [2.45, 2.75) is 65.8 Å². The van der Waals surface area contributed by atoms with Crippen molar-refractivity contribution in [2.75, 3.05) is 19.8 Å². The number of rotatable bonds is 11. The second-order valence-corrected chi connectivity index (χ2v) is 4.08. The van der Waals surface area contributed by atoms with E-state index in [-0.39, 0.29) is 12.4 Å². The summed E-state index contributed by atoms with van der Waals surface area (Å²) in [7, 11) is 0. The molecule has 2 atom stereocenters. The zero-order chi connectivity index (χ0) is 12.2. The van der Waals surface area contributed by atoms with Crippen LogP contribution in [0.2, 0.25) is 0 Å². The quantitative estimate of drug-likeness (QED) is 0.404. The summed E-state index contributed by atoms with van der Waals surface area (Å²) in [6.45, 7) is 10.6. The van der Waals surface area contributed by atoms with Crippen LogP contribution in [0.4, 0.5) is 0 Å². The van der Waals surface area contributed by atoms with Crippen LogP contribution in [0, 0.1) is 0 Å². The lowest BCUT2D eigenvalue weighted by molar-refractivity contribution is -0.178. The number of unbranched alkanes of at least 4 members (excludes halogenated alkanes) is 1. The Bertz CT molecular complexity index is 139. The van der Waals surface area contributed by atoms with Gasteiger partial charge in [0.25, 0.3) is 0 Å². The highest BCUT2D eigenvalue weighted by molar-refractivity contribution is 4.50.